The third-order valence-electron chi connectivity index (χ3n) is 7.38. The number of methoxy groups -OCH3 is 1. The van der Waals surface area contributed by atoms with E-state index in [1.54, 1.807) is 42.6 Å². The van der Waals surface area contributed by atoms with Crippen molar-refractivity contribution >= 4 is 42.3 Å². The molecule has 1 amide bonds. The fraction of sp³-hybridized carbons (Fsp3) is 0.433. The van der Waals surface area contributed by atoms with E-state index in [4.69, 9.17) is 9.47 Å². The number of hydrogen-bond acceptors (Lipinski definition) is 6. The molecule has 0 spiro atoms. The summed E-state index contributed by atoms with van der Waals surface area (Å²) in [5, 5.41) is 4.89. The van der Waals surface area contributed by atoms with Gasteiger partial charge in [-0.1, -0.05) is 0 Å². The number of nitrogens with zero attached hydrogens (tertiary/aromatic N) is 2. The number of hydrogen-bond donors (Lipinski definition) is 3. The van der Waals surface area contributed by atoms with Crippen LogP contribution in [0.4, 0.5) is 28.9 Å². The molecule has 5 rings (SSSR count). The SMILES string of the molecule is COc1cc(C(=O)NC2CCOC2)ccc1NCC#Cc1cc2c(NC3CCN(C)CC3F)cccn2c1[Se]C(F)(F)F. The van der Waals surface area contributed by atoms with Gasteiger partial charge in [-0.3, -0.25) is 0 Å². The second kappa shape index (κ2) is 13.5. The average molecular weight is 667 g/mol. The molecule has 3 atom stereocenters. The Morgan fingerprint density at radius 1 is 1.21 bits per heavy atom. The summed E-state index contributed by atoms with van der Waals surface area (Å²) in [6, 6.07) is 9.56. The summed E-state index contributed by atoms with van der Waals surface area (Å²) in [6.45, 7) is 2.25. The molecule has 0 aliphatic carbocycles. The molecule has 0 radical (unpaired) electrons. The standard InChI is InChI=1S/C30H33F4N5O3Se/c1-38-13-9-23(22(31)17-38)37-24-6-4-12-39-26(24)15-20(29(39)43-30(32,33)34)5-3-11-35-25-8-7-19(16-27(25)41-2)28(40)36-21-10-14-42-18-21/h4,6-8,12,15-16,21-23,35,37H,9-11,13-14,17-18H2,1-2H3,(H,36,40). The number of piperidine rings is 1. The van der Waals surface area contributed by atoms with Gasteiger partial charge in [-0.25, -0.2) is 0 Å². The number of fused-ring (bicyclic) bond motifs is 1. The molecular weight excluding hydrogens is 633 g/mol. The monoisotopic (exact) mass is 667 g/mol. The summed E-state index contributed by atoms with van der Waals surface area (Å²) < 4.78 is 67.9. The summed E-state index contributed by atoms with van der Waals surface area (Å²) in [5.41, 5.74) is 2.38. The first-order chi connectivity index (χ1) is 20.6. The van der Waals surface area contributed by atoms with Crippen molar-refractivity contribution in [2.24, 2.45) is 0 Å². The number of ether oxygens (including phenoxy) is 2. The minimum atomic E-state index is -4.39. The molecule has 0 bridgehead atoms. The zero-order valence-corrected chi connectivity index (χ0v) is 25.5. The number of benzene rings is 1. The Hall–Kier alpha value is -3.43. The number of pyridine rings is 1. The van der Waals surface area contributed by atoms with Gasteiger partial charge in [-0.15, -0.1) is 0 Å². The van der Waals surface area contributed by atoms with Gasteiger partial charge in [0.25, 0.3) is 0 Å². The maximum absolute atomic E-state index is 14.7. The molecule has 3 N–H and O–H groups in total. The van der Waals surface area contributed by atoms with Crippen LogP contribution in [0.5, 0.6) is 5.75 Å². The Labute approximate surface area is 253 Å². The van der Waals surface area contributed by atoms with Crippen molar-refractivity contribution in [2.75, 3.05) is 57.6 Å². The maximum atomic E-state index is 14.7. The molecule has 13 heteroatoms. The molecular formula is C30H33F4N5O3Se. The Balaban J connectivity index is 1.33. The number of aromatic nitrogens is 1. The van der Waals surface area contributed by atoms with E-state index < -0.39 is 32.2 Å². The predicted octanol–water partition coefficient (Wildman–Crippen LogP) is 3.23. The van der Waals surface area contributed by atoms with Crippen LogP contribution in [0.3, 0.4) is 0 Å². The quantitative estimate of drug-likeness (QED) is 0.195. The van der Waals surface area contributed by atoms with E-state index in [0.29, 0.717) is 54.4 Å². The zero-order chi connectivity index (χ0) is 30.6. The molecule has 3 unspecified atom stereocenters. The van der Waals surface area contributed by atoms with E-state index in [1.807, 2.05) is 11.9 Å². The minimum absolute atomic E-state index is 0.0251. The van der Waals surface area contributed by atoms with Crippen LogP contribution in [0.2, 0.25) is 0 Å². The Kier molecular flexibility index (Phi) is 9.71. The summed E-state index contributed by atoms with van der Waals surface area (Å²) >= 11 is -1.85. The van der Waals surface area contributed by atoms with Gasteiger partial charge in [0, 0.05) is 6.61 Å². The molecule has 2 saturated heterocycles. The number of amides is 1. The van der Waals surface area contributed by atoms with Crippen LogP contribution < -0.4 is 25.3 Å². The van der Waals surface area contributed by atoms with Crippen LogP contribution in [0, 0.1) is 11.8 Å². The van der Waals surface area contributed by atoms with Crippen molar-refractivity contribution in [2.45, 2.75) is 36.2 Å². The van der Waals surface area contributed by atoms with Crippen molar-refractivity contribution in [3.8, 4) is 17.6 Å². The van der Waals surface area contributed by atoms with Crippen molar-refractivity contribution in [1.29, 1.82) is 0 Å². The van der Waals surface area contributed by atoms with Crippen LogP contribution in [-0.2, 0) is 4.74 Å². The van der Waals surface area contributed by atoms with Crippen LogP contribution in [0.15, 0.2) is 42.6 Å². The fourth-order valence-electron chi connectivity index (χ4n) is 5.19. The topological polar surface area (TPSA) is 79.3 Å². The number of rotatable bonds is 8. The van der Waals surface area contributed by atoms with Gasteiger partial charge < -0.3 is 4.74 Å². The van der Waals surface area contributed by atoms with E-state index in [-0.39, 0.29) is 28.6 Å². The number of nitrogens with one attached hydrogen (secondary N) is 3. The normalized spacial score (nSPS) is 20.8. The molecule has 8 nitrogen and oxygen atoms in total. The van der Waals surface area contributed by atoms with Gasteiger partial charge in [0.1, 0.15) is 0 Å². The summed E-state index contributed by atoms with van der Waals surface area (Å²) in [7, 11) is 3.35. The average Bonchev–Trinajstić information content (AvgIpc) is 3.60. The van der Waals surface area contributed by atoms with Crippen LogP contribution in [0.25, 0.3) is 5.52 Å². The van der Waals surface area contributed by atoms with Crippen molar-refractivity contribution in [3.05, 3.63) is 53.7 Å². The van der Waals surface area contributed by atoms with Gasteiger partial charge in [0.05, 0.1) is 12.6 Å². The third kappa shape index (κ3) is 7.75. The summed E-state index contributed by atoms with van der Waals surface area (Å²) in [6.07, 6.45) is 1.83. The number of carbonyl (C=O) groups excluding carboxylic acids is 1. The number of anilines is 2. The Bertz CT molecular complexity index is 1510. The van der Waals surface area contributed by atoms with Crippen molar-refractivity contribution in [1.82, 2.24) is 14.6 Å². The van der Waals surface area contributed by atoms with Gasteiger partial charge in [-0.05, 0) is 6.42 Å². The van der Waals surface area contributed by atoms with E-state index in [9.17, 15) is 22.4 Å². The Morgan fingerprint density at radius 3 is 2.77 bits per heavy atom. The number of carbonyl (C=O) groups is 1. The first kappa shape index (κ1) is 31.0. The molecule has 0 saturated carbocycles. The van der Waals surface area contributed by atoms with E-state index >= 15 is 0 Å². The third-order valence-corrected chi connectivity index (χ3v) is 9.15. The summed E-state index contributed by atoms with van der Waals surface area (Å²) in [4.78, 5) is 14.5. The summed E-state index contributed by atoms with van der Waals surface area (Å²) in [5.74, 6) is 6.03. The molecule has 1 aromatic carbocycles. The Morgan fingerprint density at radius 2 is 2.05 bits per heavy atom. The van der Waals surface area contributed by atoms with Gasteiger partial charge >= 0.3 is 224 Å². The second-order valence-corrected chi connectivity index (χ2v) is 12.7. The van der Waals surface area contributed by atoms with E-state index in [2.05, 4.69) is 27.8 Å². The van der Waals surface area contributed by atoms with E-state index in [1.165, 1.54) is 11.5 Å². The molecule has 43 heavy (non-hydrogen) atoms. The molecule has 2 aromatic heterocycles. The number of likely N-dealkylation sites (tertiary alicyclic amines) is 1. The first-order valence-corrected chi connectivity index (χ1v) is 15.6. The van der Waals surface area contributed by atoms with Gasteiger partial charge in [-0.2, -0.15) is 0 Å². The molecule has 4 heterocycles. The van der Waals surface area contributed by atoms with Crippen LogP contribution in [0.1, 0.15) is 28.8 Å². The van der Waals surface area contributed by atoms with E-state index in [0.717, 1.165) is 13.0 Å². The zero-order valence-electron chi connectivity index (χ0n) is 23.8. The van der Waals surface area contributed by atoms with Crippen molar-refractivity contribution in [3.63, 3.8) is 0 Å². The second-order valence-electron chi connectivity index (χ2n) is 10.5. The van der Waals surface area contributed by atoms with Gasteiger partial charge in [0.15, 0.2) is 0 Å². The molecule has 2 aliphatic rings. The first-order valence-electron chi connectivity index (χ1n) is 13.9. The molecule has 2 fully saturated rings. The number of alkyl halides is 4. The number of halogens is 4. The molecule has 3 aromatic rings. The fourth-order valence-corrected chi connectivity index (χ4v) is 6.65. The molecule has 2 aliphatic heterocycles. The van der Waals surface area contributed by atoms with Crippen LogP contribution >= 0.6 is 0 Å². The van der Waals surface area contributed by atoms with Gasteiger partial charge in [0.2, 0.25) is 0 Å². The molecule has 230 valence electrons. The van der Waals surface area contributed by atoms with Crippen molar-refractivity contribution < 1.29 is 31.8 Å². The van der Waals surface area contributed by atoms with Crippen LogP contribution in [-0.4, -0.2) is 101 Å². The predicted molar refractivity (Wildman–Crippen MR) is 158 cm³/mol.